The zero-order chi connectivity index (χ0) is 16.3. The van der Waals surface area contributed by atoms with Gasteiger partial charge in [-0.3, -0.25) is 9.69 Å². The molecule has 1 aromatic heterocycles. The zero-order valence-corrected chi connectivity index (χ0v) is 14.4. The number of aromatic nitrogens is 3. The molecule has 124 valence electrons. The first-order valence-electron chi connectivity index (χ1n) is 7.96. The van der Waals surface area contributed by atoms with E-state index in [9.17, 15) is 4.79 Å². The smallest absolute Gasteiger partial charge is 0.239 e. The van der Waals surface area contributed by atoms with Crippen molar-refractivity contribution in [1.29, 1.82) is 0 Å². The highest BCUT2D eigenvalue weighted by molar-refractivity contribution is 5.81. The van der Waals surface area contributed by atoms with Crippen molar-refractivity contribution in [2.24, 2.45) is 0 Å². The van der Waals surface area contributed by atoms with Crippen molar-refractivity contribution in [2.75, 3.05) is 40.3 Å². The number of likely N-dealkylation sites (N-methyl/N-ethyl adjacent to an activating group) is 2. The topological polar surface area (TPSA) is 57.5 Å². The molecule has 7 heteroatoms. The molecule has 0 saturated carbocycles. The van der Waals surface area contributed by atoms with Gasteiger partial charge < -0.3 is 14.4 Å². The van der Waals surface area contributed by atoms with Crippen LogP contribution in [-0.2, 0) is 11.3 Å². The van der Waals surface area contributed by atoms with Crippen LogP contribution in [-0.4, -0.2) is 81.7 Å². The van der Waals surface area contributed by atoms with Crippen LogP contribution in [0.1, 0.15) is 32.6 Å². The Morgan fingerprint density at radius 1 is 1.27 bits per heavy atom. The van der Waals surface area contributed by atoms with Crippen molar-refractivity contribution in [2.45, 2.75) is 39.4 Å². The fourth-order valence-electron chi connectivity index (χ4n) is 2.79. The Kier molecular flexibility index (Phi) is 5.52. The normalized spacial score (nSPS) is 18.6. The first kappa shape index (κ1) is 16.9. The second kappa shape index (κ2) is 7.19. The summed E-state index contributed by atoms with van der Waals surface area (Å²) in [4.78, 5) is 19.0. The number of rotatable bonds is 5. The molecule has 2 heterocycles. The summed E-state index contributed by atoms with van der Waals surface area (Å²) in [5.41, 5.74) is 0. The molecule has 0 radical (unpaired) electrons. The molecule has 0 spiro atoms. The van der Waals surface area contributed by atoms with Crippen molar-refractivity contribution < 1.29 is 4.79 Å². The van der Waals surface area contributed by atoms with Gasteiger partial charge in [0.1, 0.15) is 6.33 Å². The molecular weight excluding hydrogens is 280 g/mol. The molecule has 1 aromatic rings. The summed E-state index contributed by atoms with van der Waals surface area (Å²) in [6, 6.07) is 0.206. The molecule has 1 amide bonds. The van der Waals surface area contributed by atoms with E-state index in [4.69, 9.17) is 0 Å². The lowest BCUT2D eigenvalue weighted by atomic mass is 10.2. The highest BCUT2D eigenvalue weighted by Crippen LogP contribution is 2.11. The van der Waals surface area contributed by atoms with E-state index in [1.54, 1.807) is 11.2 Å². The largest absolute Gasteiger partial charge is 0.337 e. The van der Waals surface area contributed by atoms with Gasteiger partial charge in [0.25, 0.3) is 0 Å². The van der Waals surface area contributed by atoms with Gasteiger partial charge >= 0.3 is 0 Å². The van der Waals surface area contributed by atoms with E-state index in [2.05, 4.69) is 40.9 Å². The van der Waals surface area contributed by atoms with Crippen molar-refractivity contribution in [1.82, 2.24) is 29.5 Å². The van der Waals surface area contributed by atoms with Crippen LogP contribution in [0.2, 0.25) is 0 Å². The van der Waals surface area contributed by atoms with Crippen LogP contribution < -0.4 is 0 Å². The van der Waals surface area contributed by atoms with Crippen LogP contribution >= 0.6 is 0 Å². The van der Waals surface area contributed by atoms with Crippen LogP contribution in [0, 0.1) is 0 Å². The SMILES string of the molecule is CC(C(=O)N(C)Cc1nncn1C(C)C)N1CCN(C)CC1. The quantitative estimate of drug-likeness (QED) is 0.791. The Balaban J connectivity index is 1.95. The van der Waals surface area contributed by atoms with Crippen LogP contribution in [0.4, 0.5) is 0 Å². The Bertz CT molecular complexity index is 492. The standard InChI is InChI=1S/C15H28N6O/c1-12(2)21-11-16-17-14(21)10-19(5)15(22)13(3)20-8-6-18(4)7-9-20/h11-13H,6-10H2,1-5H3. The average molecular weight is 308 g/mol. The third kappa shape index (κ3) is 3.84. The molecule has 1 aliphatic rings. The van der Waals surface area contributed by atoms with E-state index in [-0.39, 0.29) is 11.9 Å². The van der Waals surface area contributed by atoms with E-state index in [0.29, 0.717) is 12.6 Å². The van der Waals surface area contributed by atoms with Gasteiger partial charge in [0.2, 0.25) is 5.91 Å². The Hall–Kier alpha value is -1.47. The van der Waals surface area contributed by atoms with Gasteiger partial charge in [0.15, 0.2) is 5.82 Å². The first-order chi connectivity index (χ1) is 10.4. The fourth-order valence-corrected chi connectivity index (χ4v) is 2.79. The van der Waals surface area contributed by atoms with Gasteiger partial charge in [-0.25, -0.2) is 0 Å². The summed E-state index contributed by atoms with van der Waals surface area (Å²) >= 11 is 0. The third-order valence-electron chi connectivity index (χ3n) is 4.40. The second-order valence-corrected chi connectivity index (χ2v) is 6.46. The van der Waals surface area contributed by atoms with Gasteiger partial charge in [-0.2, -0.15) is 0 Å². The molecule has 7 nitrogen and oxygen atoms in total. The summed E-state index contributed by atoms with van der Waals surface area (Å²) in [6.45, 7) is 10.6. The average Bonchev–Trinajstić information content (AvgIpc) is 2.94. The Labute approximate surface area is 132 Å². The van der Waals surface area contributed by atoms with Crippen molar-refractivity contribution in [3.05, 3.63) is 12.2 Å². The lowest BCUT2D eigenvalue weighted by molar-refractivity contribution is -0.136. The number of hydrogen-bond donors (Lipinski definition) is 0. The summed E-state index contributed by atoms with van der Waals surface area (Å²) in [6.07, 6.45) is 1.72. The van der Waals surface area contributed by atoms with Gasteiger partial charge in [-0.1, -0.05) is 0 Å². The van der Waals surface area contributed by atoms with E-state index in [1.807, 2.05) is 18.5 Å². The Morgan fingerprint density at radius 2 is 1.91 bits per heavy atom. The van der Waals surface area contributed by atoms with E-state index in [0.717, 1.165) is 32.0 Å². The van der Waals surface area contributed by atoms with Gasteiger partial charge in [0, 0.05) is 39.3 Å². The molecular formula is C15H28N6O. The highest BCUT2D eigenvalue weighted by Gasteiger charge is 2.27. The van der Waals surface area contributed by atoms with Crippen molar-refractivity contribution >= 4 is 5.91 Å². The summed E-state index contributed by atoms with van der Waals surface area (Å²) in [7, 11) is 3.96. The number of carbonyl (C=O) groups excluding carboxylic acids is 1. The zero-order valence-electron chi connectivity index (χ0n) is 14.4. The molecule has 1 saturated heterocycles. The monoisotopic (exact) mass is 308 g/mol. The summed E-state index contributed by atoms with van der Waals surface area (Å²) < 4.78 is 2.00. The summed E-state index contributed by atoms with van der Waals surface area (Å²) in [5, 5.41) is 8.10. The van der Waals surface area contributed by atoms with Gasteiger partial charge in [-0.15, -0.1) is 10.2 Å². The molecule has 1 fully saturated rings. The number of hydrogen-bond acceptors (Lipinski definition) is 5. The molecule has 1 atom stereocenters. The van der Waals surface area contributed by atoms with Crippen LogP contribution in [0.25, 0.3) is 0 Å². The van der Waals surface area contributed by atoms with Crippen LogP contribution in [0.15, 0.2) is 6.33 Å². The molecule has 0 N–H and O–H groups in total. The number of nitrogens with zero attached hydrogens (tertiary/aromatic N) is 6. The summed E-state index contributed by atoms with van der Waals surface area (Å²) in [5.74, 6) is 0.972. The molecule has 2 rings (SSSR count). The first-order valence-corrected chi connectivity index (χ1v) is 7.96. The van der Waals surface area contributed by atoms with Crippen molar-refractivity contribution in [3.63, 3.8) is 0 Å². The maximum Gasteiger partial charge on any atom is 0.239 e. The maximum absolute atomic E-state index is 12.6. The molecule has 0 bridgehead atoms. The maximum atomic E-state index is 12.6. The molecule has 1 unspecified atom stereocenters. The van der Waals surface area contributed by atoms with E-state index >= 15 is 0 Å². The minimum absolute atomic E-state index is 0.0888. The van der Waals surface area contributed by atoms with Crippen LogP contribution in [0.5, 0.6) is 0 Å². The number of amides is 1. The number of carbonyl (C=O) groups is 1. The lowest BCUT2D eigenvalue weighted by Crippen LogP contribution is -2.53. The van der Waals surface area contributed by atoms with E-state index < -0.39 is 0 Å². The third-order valence-corrected chi connectivity index (χ3v) is 4.40. The lowest BCUT2D eigenvalue weighted by Gasteiger charge is -2.37. The van der Waals surface area contributed by atoms with Crippen molar-refractivity contribution in [3.8, 4) is 0 Å². The predicted octanol–water partition coefficient (Wildman–Crippen LogP) is 0.453. The minimum Gasteiger partial charge on any atom is -0.337 e. The van der Waals surface area contributed by atoms with Gasteiger partial charge in [0.05, 0.1) is 12.6 Å². The predicted molar refractivity (Wildman–Crippen MR) is 85.4 cm³/mol. The molecule has 0 aromatic carbocycles. The molecule has 22 heavy (non-hydrogen) atoms. The number of piperazine rings is 1. The highest BCUT2D eigenvalue weighted by atomic mass is 16.2. The molecule has 0 aliphatic carbocycles. The van der Waals surface area contributed by atoms with E-state index in [1.165, 1.54) is 0 Å². The Morgan fingerprint density at radius 3 is 2.50 bits per heavy atom. The van der Waals surface area contributed by atoms with Gasteiger partial charge in [-0.05, 0) is 27.8 Å². The second-order valence-electron chi connectivity index (χ2n) is 6.46. The minimum atomic E-state index is -0.0888. The fraction of sp³-hybridized carbons (Fsp3) is 0.800. The molecule has 1 aliphatic heterocycles. The van der Waals surface area contributed by atoms with Crippen LogP contribution in [0.3, 0.4) is 0 Å².